The third-order valence-corrected chi connectivity index (χ3v) is 6.30. The summed E-state index contributed by atoms with van der Waals surface area (Å²) in [5.74, 6) is 0.680. The molecule has 0 bridgehead atoms. The molecule has 3 aromatic rings. The molecule has 1 atom stereocenters. The normalized spacial score (nSPS) is 11.6. The minimum Gasteiger partial charge on any atom is -0.497 e. The first-order chi connectivity index (χ1) is 17.7. The highest BCUT2D eigenvalue weighted by Crippen LogP contribution is 2.26. The quantitative estimate of drug-likeness (QED) is 0.155. The molecule has 3 rings (SSSR count). The number of methoxy groups -OCH3 is 1. The molecule has 11 nitrogen and oxygen atoms in total. The minimum absolute atomic E-state index is 0.00162. The van der Waals surface area contributed by atoms with E-state index in [-0.39, 0.29) is 29.2 Å². The Bertz CT molecular complexity index is 1260. The number of aromatic nitrogens is 3. The summed E-state index contributed by atoms with van der Waals surface area (Å²) < 4.78 is 6.97. The fourth-order valence-corrected chi connectivity index (χ4v) is 4.18. The lowest BCUT2D eigenvalue weighted by Crippen LogP contribution is -2.33. The van der Waals surface area contributed by atoms with Crippen molar-refractivity contribution in [3.63, 3.8) is 0 Å². The predicted molar refractivity (Wildman–Crippen MR) is 141 cm³/mol. The van der Waals surface area contributed by atoms with Gasteiger partial charge < -0.3 is 19.9 Å². The van der Waals surface area contributed by atoms with Crippen molar-refractivity contribution in [2.45, 2.75) is 31.6 Å². The molecule has 2 N–H and O–H groups in total. The maximum absolute atomic E-state index is 12.9. The second-order valence-corrected chi connectivity index (χ2v) is 9.25. The number of nitro groups is 1. The van der Waals surface area contributed by atoms with Crippen LogP contribution in [0.25, 0.3) is 0 Å². The van der Waals surface area contributed by atoms with Gasteiger partial charge in [0.1, 0.15) is 5.75 Å². The molecular weight excluding hydrogens is 496 g/mol. The summed E-state index contributed by atoms with van der Waals surface area (Å²) in [6.07, 6.45) is 1.69. The van der Waals surface area contributed by atoms with E-state index in [2.05, 4.69) is 27.4 Å². The number of amides is 2. The number of ether oxygens (including phenoxy) is 1. The van der Waals surface area contributed by atoms with Crippen molar-refractivity contribution in [3.8, 4) is 5.75 Å². The largest absolute Gasteiger partial charge is 0.497 e. The molecule has 0 spiro atoms. The van der Waals surface area contributed by atoms with Crippen LogP contribution >= 0.6 is 11.8 Å². The van der Waals surface area contributed by atoms with Crippen molar-refractivity contribution < 1.29 is 19.2 Å². The standard InChI is InChI=1S/C25H28N6O5S/c1-5-14-30-23(22(16(2)3)27-24(33)17-6-12-20(36-4)13-7-17)28-29-25(30)37-15-21(32)26-18-8-10-19(11-9-18)31(34)35/h5-13,16,22H,1,14-15H2,2-4H3,(H,26,32)(H,27,33)/t22-/m0/s1. The van der Waals surface area contributed by atoms with Gasteiger partial charge in [-0.1, -0.05) is 31.7 Å². The number of allylic oxidation sites excluding steroid dienone is 1. The second kappa shape index (κ2) is 12.7. The van der Waals surface area contributed by atoms with Crippen LogP contribution in [0.4, 0.5) is 11.4 Å². The van der Waals surface area contributed by atoms with Crippen molar-refractivity contribution in [3.05, 3.63) is 82.7 Å². The molecule has 12 heteroatoms. The molecule has 1 heterocycles. The maximum atomic E-state index is 12.9. The van der Waals surface area contributed by atoms with E-state index >= 15 is 0 Å². The molecule has 1 aromatic heterocycles. The number of thioether (sulfide) groups is 1. The SMILES string of the molecule is C=CCn1c(SCC(=O)Nc2ccc([N+](=O)[O-])cc2)nnc1[C@@H](NC(=O)c1ccc(OC)cc1)C(C)C. The van der Waals surface area contributed by atoms with E-state index in [0.29, 0.717) is 34.5 Å². The number of nitrogens with one attached hydrogen (secondary N) is 2. The molecule has 0 aliphatic heterocycles. The van der Waals surface area contributed by atoms with Crippen molar-refractivity contribution in [1.29, 1.82) is 0 Å². The van der Waals surface area contributed by atoms with Gasteiger partial charge in [-0.2, -0.15) is 0 Å². The molecule has 2 amide bonds. The molecule has 2 aromatic carbocycles. The number of hydrogen-bond acceptors (Lipinski definition) is 8. The van der Waals surface area contributed by atoms with Crippen molar-refractivity contribution in [2.24, 2.45) is 5.92 Å². The van der Waals surface area contributed by atoms with Gasteiger partial charge in [-0.25, -0.2) is 0 Å². The first kappa shape index (κ1) is 27.4. The lowest BCUT2D eigenvalue weighted by molar-refractivity contribution is -0.384. The highest BCUT2D eigenvalue weighted by molar-refractivity contribution is 7.99. The van der Waals surface area contributed by atoms with Crippen LogP contribution in [0.2, 0.25) is 0 Å². The van der Waals surface area contributed by atoms with E-state index < -0.39 is 11.0 Å². The van der Waals surface area contributed by atoms with Gasteiger partial charge >= 0.3 is 0 Å². The molecule has 0 saturated carbocycles. The Kier molecular flexibility index (Phi) is 9.39. The smallest absolute Gasteiger partial charge is 0.269 e. The Labute approximate surface area is 218 Å². The van der Waals surface area contributed by atoms with Crippen LogP contribution in [0.5, 0.6) is 5.75 Å². The highest BCUT2D eigenvalue weighted by Gasteiger charge is 2.26. The van der Waals surface area contributed by atoms with Gasteiger partial charge in [-0.3, -0.25) is 19.7 Å². The fraction of sp³-hybridized carbons (Fsp3) is 0.280. The summed E-state index contributed by atoms with van der Waals surface area (Å²) in [5, 5.41) is 25.6. The molecule has 0 unspecified atom stereocenters. The van der Waals surface area contributed by atoms with Gasteiger partial charge in [0.2, 0.25) is 5.91 Å². The number of benzene rings is 2. The van der Waals surface area contributed by atoms with E-state index in [9.17, 15) is 19.7 Å². The summed E-state index contributed by atoms with van der Waals surface area (Å²) in [5.41, 5.74) is 0.875. The van der Waals surface area contributed by atoms with E-state index in [1.165, 1.54) is 36.0 Å². The van der Waals surface area contributed by atoms with E-state index in [1.54, 1.807) is 37.5 Å². The van der Waals surface area contributed by atoms with Crippen LogP contribution < -0.4 is 15.4 Å². The summed E-state index contributed by atoms with van der Waals surface area (Å²) >= 11 is 1.19. The first-order valence-corrected chi connectivity index (χ1v) is 12.4. The Balaban J connectivity index is 1.71. The summed E-state index contributed by atoms with van der Waals surface area (Å²) in [6.45, 7) is 8.13. The molecular formula is C25H28N6O5S. The summed E-state index contributed by atoms with van der Waals surface area (Å²) in [4.78, 5) is 35.7. The number of non-ortho nitro benzene ring substituents is 1. The van der Waals surface area contributed by atoms with Gasteiger partial charge in [0.05, 0.1) is 23.8 Å². The zero-order chi connectivity index (χ0) is 26.9. The summed E-state index contributed by atoms with van der Waals surface area (Å²) in [6, 6.07) is 12.0. The first-order valence-electron chi connectivity index (χ1n) is 11.4. The van der Waals surface area contributed by atoms with Gasteiger partial charge in [0.25, 0.3) is 11.6 Å². The minimum atomic E-state index is -0.505. The average molecular weight is 525 g/mol. The van der Waals surface area contributed by atoms with Crippen molar-refractivity contribution >= 4 is 35.0 Å². The lowest BCUT2D eigenvalue weighted by Gasteiger charge is -2.22. The zero-order valence-corrected chi connectivity index (χ0v) is 21.5. The zero-order valence-electron chi connectivity index (χ0n) is 20.7. The van der Waals surface area contributed by atoms with E-state index in [1.807, 2.05) is 18.4 Å². The topological polar surface area (TPSA) is 141 Å². The van der Waals surface area contributed by atoms with Gasteiger partial charge in [-0.05, 0) is 42.3 Å². The van der Waals surface area contributed by atoms with E-state index in [4.69, 9.17) is 4.74 Å². The van der Waals surface area contributed by atoms with Crippen LogP contribution in [0, 0.1) is 16.0 Å². The number of nitrogens with zero attached hydrogens (tertiary/aromatic N) is 4. The molecule has 0 fully saturated rings. The number of rotatable bonds is 12. The Morgan fingerprint density at radius 2 is 1.84 bits per heavy atom. The maximum Gasteiger partial charge on any atom is 0.269 e. The number of carbonyl (C=O) groups excluding carboxylic acids is 2. The molecule has 37 heavy (non-hydrogen) atoms. The van der Waals surface area contributed by atoms with E-state index in [0.717, 1.165) is 0 Å². The van der Waals surface area contributed by atoms with Crippen molar-refractivity contribution in [1.82, 2.24) is 20.1 Å². The van der Waals surface area contributed by atoms with Crippen LogP contribution in [-0.2, 0) is 11.3 Å². The number of anilines is 1. The van der Waals surface area contributed by atoms with Gasteiger partial charge in [0.15, 0.2) is 11.0 Å². The molecule has 0 aliphatic rings. The highest BCUT2D eigenvalue weighted by atomic mass is 32.2. The van der Waals surface area contributed by atoms with Crippen molar-refractivity contribution in [2.75, 3.05) is 18.2 Å². The van der Waals surface area contributed by atoms with Gasteiger partial charge in [-0.15, -0.1) is 16.8 Å². The third-order valence-electron chi connectivity index (χ3n) is 5.34. The Morgan fingerprint density at radius 3 is 2.41 bits per heavy atom. The third kappa shape index (κ3) is 7.17. The predicted octanol–water partition coefficient (Wildman–Crippen LogP) is 4.24. The number of nitro benzene ring substituents is 1. The summed E-state index contributed by atoms with van der Waals surface area (Å²) in [7, 11) is 1.56. The van der Waals surface area contributed by atoms with Crippen LogP contribution in [0.15, 0.2) is 66.3 Å². The lowest BCUT2D eigenvalue weighted by atomic mass is 10.0. The molecule has 0 saturated heterocycles. The van der Waals surface area contributed by atoms with Crippen LogP contribution in [0.3, 0.4) is 0 Å². The molecule has 0 radical (unpaired) electrons. The van der Waals surface area contributed by atoms with Crippen LogP contribution in [0.1, 0.15) is 36.1 Å². The number of hydrogen-bond donors (Lipinski definition) is 2. The molecule has 0 aliphatic carbocycles. The van der Waals surface area contributed by atoms with Crippen LogP contribution in [-0.4, -0.2) is 44.4 Å². The molecule has 194 valence electrons. The second-order valence-electron chi connectivity index (χ2n) is 8.30. The fourth-order valence-electron chi connectivity index (χ4n) is 3.43. The Morgan fingerprint density at radius 1 is 1.16 bits per heavy atom. The van der Waals surface area contributed by atoms with Gasteiger partial charge in [0, 0.05) is 29.9 Å². The monoisotopic (exact) mass is 524 g/mol. The average Bonchev–Trinajstić information content (AvgIpc) is 3.28. The number of carbonyl (C=O) groups is 2. The Hall–Kier alpha value is -4.19.